The zero-order chi connectivity index (χ0) is 21.0. The highest BCUT2D eigenvalue weighted by Crippen LogP contribution is 2.39. The van der Waals surface area contributed by atoms with E-state index in [1.165, 1.54) is 17.6 Å². The van der Waals surface area contributed by atoms with Gasteiger partial charge in [0.15, 0.2) is 0 Å². The van der Waals surface area contributed by atoms with E-state index >= 15 is 0 Å². The number of hydrogen-bond acceptors (Lipinski definition) is 6. The molecule has 0 bridgehead atoms. The summed E-state index contributed by atoms with van der Waals surface area (Å²) >= 11 is 13.0. The topological polar surface area (TPSA) is 96.9 Å². The second kappa shape index (κ2) is 9.39. The van der Waals surface area contributed by atoms with Gasteiger partial charge in [-0.1, -0.05) is 29.3 Å². The lowest BCUT2D eigenvalue weighted by Gasteiger charge is -2.07. The van der Waals surface area contributed by atoms with Crippen LogP contribution in [0, 0.1) is 0 Å². The number of nitrogens with zero attached hydrogens (tertiary/aromatic N) is 1. The van der Waals surface area contributed by atoms with Crippen molar-refractivity contribution >= 4 is 63.5 Å². The van der Waals surface area contributed by atoms with E-state index in [-0.39, 0.29) is 6.61 Å². The van der Waals surface area contributed by atoms with Crippen LogP contribution < -0.4 is 10.7 Å². The Bertz CT molecular complexity index is 1000. The molecule has 2 amide bonds. The Hall–Kier alpha value is -2.42. The molecular formula is C19H17Cl2N3O4S. The van der Waals surface area contributed by atoms with Gasteiger partial charge in [-0.15, -0.1) is 11.3 Å². The Labute approximate surface area is 181 Å². The number of amides is 2. The number of esters is 1. The average Bonchev–Trinajstić information content (AvgIpc) is 3.25. The van der Waals surface area contributed by atoms with Gasteiger partial charge < -0.3 is 10.1 Å². The number of benzene rings is 1. The number of rotatable bonds is 5. The van der Waals surface area contributed by atoms with Crippen molar-refractivity contribution < 1.29 is 19.1 Å². The molecule has 1 aliphatic rings. The maximum absolute atomic E-state index is 12.3. The lowest BCUT2D eigenvalue weighted by atomic mass is 10.1. The molecule has 0 radical (unpaired) electrons. The fraction of sp³-hybridized carbons (Fsp3) is 0.263. The summed E-state index contributed by atoms with van der Waals surface area (Å²) in [6, 6.07) is 4.81. The third-order valence-electron chi connectivity index (χ3n) is 4.16. The first-order valence-electron chi connectivity index (χ1n) is 8.81. The van der Waals surface area contributed by atoms with Crippen molar-refractivity contribution in [1.82, 2.24) is 5.43 Å². The molecule has 2 N–H and O–H groups in total. The molecule has 0 saturated heterocycles. The molecule has 7 nitrogen and oxygen atoms in total. The van der Waals surface area contributed by atoms with Crippen LogP contribution in [0.4, 0.5) is 5.00 Å². The van der Waals surface area contributed by atoms with Crippen molar-refractivity contribution in [2.75, 3.05) is 11.9 Å². The number of hydrazone groups is 1. The summed E-state index contributed by atoms with van der Waals surface area (Å²) in [5.74, 6) is -2.40. The molecule has 0 atom stereocenters. The van der Waals surface area contributed by atoms with Crippen LogP contribution in [0.5, 0.6) is 0 Å². The van der Waals surface area contributed by atoms with Gasteiger partial charge >= 0.3 is 17.8 Å². The summed E-state index contributed by atoms with van der Waals surface area (Å²) < 4.78 is 5.10. The summed E-state index contributed by atoms with van der Waals surface area (Å²) in [6.45, 7) is 1.93. The SMILES string of the molecule is CCOC(=O)c1c(NC(=O)C(=O)N/N=C/c2ccc(Cl)c(Cl)c2)sc2c1CCC2. The van der Waals surface area contributed by atoms with E-state index in [1.54, 1.807) is 25.1 Å². The first-order chi connectivity index (χ1) is 13.9. The molecule has 0 aliphatic heterocycles. The van der Waals surface area contributed by atoms with E-state index in [0.29, 0.717) is 26.2 Å². The Balaban J connectivity index is 1.67. The zero-order valence-electron chi connectivity index (χ0n) is 15.4. The molecule has 1 aliphatic carbocycles. The predicted octanol–water partition coefficient (Wildman–Crippen LogP) is 3.81. The van der Waals surface area contributed by atoms with Crippen LogP contribution in [0.3, 0.4) is 0 Å². The molecule has 3 rings (SSSR count). The monoisotopic (exact) mass is 453 g/mol. The predicted molar refractivity (Wildman–Crippen MR) is 113 cm³/mol. The molecule has 0 unspecified atom stereocenters. The number of nitrogens with one attached hydrogen (secondary N) is 2. The maximum atomic E-state index is 12.3. The molecule has 1 aromatic carbocycles. The van der Waals surface area contributed by atoms with Crippen molar-refractivity contribution in [3.05, 3.63) is 49.8 Å². The molecule has 2 aromatic rings. The first kappa shape index (κ1) is 21.3. The summed E-state index contributed by atoms with van der Waals surface area (Å²) in [7, 11) is 0. The van der Waals surface area contributed by atoms with Gasteiger partial charge in [0, 0.05) is 4.88 Å². The van der Waals surface area contributed by atoms with Crippen LogP contribution in [0.25, 0.3) is 0 Å². The van der Waals surface area contributed by atoms with Gasteiger partial charge in [-0.3, -0.25) is 9.59 Å². The third kappa shape index (κ3) is 4.95. The molecule has 10 heteroatoms. The second-order valence-corrected chi connectivity index (χ2v) is 8.03. The van der Waals surface area contributed by atoms with E-state index in [0.717, 1.165) is 29.7 Å². The van der Waals surface area contributed by atoms with E-state index in [9.17, 15) is 14.4 Å². The van der Waals surface area contributed by atoms with Crippen LogP contribution in [-0.2, 0) is 27.2 Å². The van der Waals surface area contributed by atoms with Crippen molar-refractivity contribution in [3.63, 3.8) is 0 Å². The molecular weight excluding hydrogens is 437 g/mol. The highest BCUT2D eigenvalue weighted by atomic mass is 35.5. The fourth-order valence-electron chi connectivity index (χ4n) is 2.88. The Morgan fingerprint density at radius 3 is 2.72 bits per heavy atom. The van der Waals surface area contributed by atoms with Crippen molar-refractivity contribution in [2.24, 2.45) is 5.10 Å². The van der Waals surface area contributed by atoms with E-state index in [1.807, 2.05) is 0 Å². The largest absolute Gasteiger partial charge is 0.462 e. The molecule has 1 heterocycles. The number of carbonyl (C=O) groups excluding carboxylic acids is 3. The van der Waals surface area contributed by atoms with Crippen molar-refractivity contribution in [1.29, 1.82) is 0 Å². The van der Waals surface area contributed by atoms with E-state index in [2.05, 4.69) is 15.8 Å². The number of fused-ring (bicyclic) bond motifs is 1. The quantitative estimate of drug-likeness (QED) is 0.311. The summed E-state index contributed by atoms with van der Waals surface area (Å²) in [4.78, 5) is 37.6. The third-order valence-corrected chi connectivity index (χ3v) is 6.10. The van der Waals surface area contributed by atoms with E-state index in [4.69, 9.17) is 27.9 Å². The number of halogens is 2. The number of carbonyl (C=O) groups is 3. The minimum absolute atomic E-state index is 0.223. The lowest BCUT2D eigenvalue weighted by Crippen LogP contribution is -2.32. The van der Waals surface area contributed by atoms with Crippen LogP contribution in [-0.4, -0.2) is 30.6 Å². The van der Waals surface area contributed by atoms with Gasteiger partial charge in [-0.05, 0) is 49.4 Å². The number of aryl methyl sites for hydroxylation is 1. The van der Waals surface area contributed by atoms with Gasteiger partial charge in [-0.25, -0.2) is 10.2 Å². The smallest absolute Gasteiger partial charge is 0.341 e. The molecule has 0 fully saturated rings. The average molecular weight is 454 g/mol. The number of hydrogen-bond donors (Lipinski definition) is 2. The molecule has 29 heavy (non-hydrogen) atoms. The fourth-order valence-corrected chi connectivity index (χ4v) is 4.46. The highest BCUT2D eigenvalue weighted by Gasteiger charge is 2.29. The van der Waals surface area contributed by atoms with Crippen molar-refractivity contribution in [2.45, 2.75) is 26.2 Å². The highest BCUT2D eigenvalue weighted by molar-refractivity contribution is 7.17. The van der Waals surface area contributed by atoms with Gasteiger partial charge in [-0.2, -0.15) is 5.10 Å². The second-order valence-electron chi connectivity index (χ2n) is 6.11. The van der Waals surface area contributed by atoms with Gasteiger partial charge in [0.2, 0.25) is 0 Å². The number of ether oxygens (including phenoxy) is 1. The normalized spacial score (nSPS) is 12.7. The van der Waals surface area contributed by atoms with Gasteiger partial charge in [0.05, 0.1) is 28.4 Å². The molecule has 1 aromatic heterocycles. The lowest BCUT2D eigenvalue weighted by molar-refractivity contribution is -0.136. The first-order valence-corrected chi connectivity index (χ1v) is 10.4. The Morgan fingerprint density at radius 1 is 1.21 bits per heavy atom. The number of anilines is 1. The standard InChI is InChI=1S/C19H17Cl2N3O4S/c1-2-28-19(27)15-11-4-3-5-14(11)29-18(15)23-16(25)17(26)24-22-9-10-6-7-12(20)13(21)8-10/h6-9H,2-5H2,1H3,(H,23,25)(H,24,26)/b22-9+. The van der Waals surface area contributed by atoms with Crippen molar-refractivity contribution in [3.8, 4) is 0 Å². The summed E-state index contributed by atoms with van der Waals surface area (Å²) in [6.07, 6.45) is 3.86. The van der Waals surface area contributed by atoms with Crippen LogP contribution in [0.2, 0.25) is 10.0 Å². The number of thiophene rings is 1. The minimum atomic E-state index is -0.968. The Kier molecular flexibility index (Phi) is 6.89. The Morgan fingerprint density at radius 2 is 2.00 bits per heavy atom. The molecule has 0 spiro atoms. The van der Waals surface area contributed by atoms with Gasteiger partial charge in [0.1, 0.15) is 5.00 Å². The maximum Gasteiger partial charge on any atom is 0.341 e. The van der Waals surface area contributed by atoms with E-state index < -0.39 is 17.8 Å². The van der Waals surface area contributed by atoms with Gasteiger partial charge in [0.25, 0.3) is 0 Å². The summed E-state index contributed by atoms with van der Waals surface area (Å²) in [5.41, 5.74) is 3.96. The zero-order valence-corrected chi connectivity index (χ0v) is 17.7. The van der Waals surface area contributed by atoms with Crippen LogP contribution in [0.1, 0.15) is 39.7 Å². The minimum Gasteiger partial charge on any atom is -0.462 e. The molecule has 152 valence electrons. The summed E-state index contributed by atoms with van der Waals surface area (Å²) in [5, 5.41) is 7.30. The van der Waals surface area contributed by atoms with Crippen LogP contribution in [0.15, 0.2) is 23.3 Å². The van der Waals surface area contributed by atoms with Crippen LogP contribution >= 0.6 is 34.5 Å². The molecule has 0 saturated carbocycles.